The Balaban J connectivity index is 2.07. The first-order chi connectivity index (χ1) is 10.1. The molecule has 2 rings (SSSR count). The number of ether oxygens (including phenoxy) is 2. The van der Waals surface area contributed by atoms with E-state index in [4.69, 9.17) is 21.1 Å². The van der Waals surface area contributed by atoms with E-state index in [9.17, 15) is 4.79 Å². The fraction of sp³-hybridized carbons (Fsp3) is 0.235. The molecule has 0 spiro atoms. The van der Waals surface area contributed by atoms with Crippen molar-refractivity contribution >= 4 is 17.6 Å². The maximum absolute atomic E-state index is 10.8. The summed E-state index contributed by atoms with van der Waals surface area (Å²) in [5.74, 6) is 0.537. The number of carbonyl (C=O) groups excluding carboxylic acids is 1. The molecule has 2 aromatic rings. The molecule has 3 nitrogen and oxygen atoms in total. The van der Waals surface area contributed by atoms with E-state index in [0.717, 1.165) is 28.9 Å². The third-order valence-corrected chi connectivity index (χ3v) is 3.47. The molecule has 0 unspecified atom stereocenters. The lowest BCUT2D eigenvalue weighted by Crippen LogP contribution is -1.99. The van der Waals surface area contributed by atoms with Gasteiger partial charge in [0.1, 0.15) is 12.4 Å². The minimum absolute atomic E-state index is 0.248. The molecule has 0 bridgehead atoms. The van der Waals surface area contributed by atoms with Crippen molar-refractivity contribution in [3.63, 3.8) is 0 Å². The van der Waals surface area contributed by atoms with Gasteiger partial charge in [-0.15, -0.1) is 0 Å². The standard InChI is InChI=1S/C17H17ClO3/c1-12(19)21-11-14-3-6-15(17(18)10-14)9-13-4-7-16(20-2)8-5-13/h3-8,10H,9,11H2,1-2H3. The number of rotatable bonds is 5. The maximum Gasteiger partial charge on any atom is 0.302 e. The van der Waals surface area contributed by atoms with Gasteiger partial charge in [-0.3, -0.25) is 4.79 Å². The number of benzene rings is 2. The minimum atomic E-state index is -0.298. The van der Waals surface area contributed by atoms with Crippen LogP contribution in [0.25, 0.3) is 0 Å². The summed E-state index contributed by atoms with van der Waals surface area (Å²) in [6.45, 7) is 1.64. The van der Waals surface area contributed by atoms with Gasteiger partial charge in [0.15, 0.2) is 0 Å². The van der Waals surface area contributed by atoms with Gasteiger partial charge in [-0.05, 0) is 41.3 Å². The average Bonchev–Trinajstić information content (AvgIpc) is 2.48. The van der Waals surface area contributed by atoms with Crippen molar-refractivity contribution in [3.05, 3.63) is 64.2 Å². The highest BCUT2D eigenvalue weighted by molar-refractivity contribution is 6.31. The summed E-state index contributed by atoms with van der Waals surface area (Å²) in [5.41, 5.74) is 3.08. The van der Waals surface area contributed by atoms with Crippen molar-refractivity contribution in [2.45, 2.75) is 20.0 Å². The summed E-state index contributed by atoms with van der Waals surface area (Å²) in [4.78, 5) is 10.8. The van der Waals surface area contributed by atoms with Crippen LogP contribution in [0.5, 0.6) is 5.75 Å². The third-order valence-electron chi connectivity index (χ3n) is 3.11. The quantitative estimate of drug-likeness (QED) is 0.783. The Morgan fingerprint density at radius 1 is 1.10 bits per heavy atom. The van der Waals surface area contributed by atoms with Crippen LogP contribution in [0.2, 0.25) is 5.02 Å². The van der Waals surface area contributed by atoms with Gasteiger partial charge in [0.2, 0.25) is 0 Å². The second-order valence-electron chi connectivity index (χ2n) is 4.73. The van der Waals surface area contributed by atoms with Crippen LogP contribution in [-0.4, -0.2) is 13.1 Å². The fourth-order valence-corrected chi connectivity index (χ4v) is 2.24. The summed E-state index contributed by atoms with van der Waals surface area (Å²) in [6, 6.07) is 13.6. The van der Waals surface area contributed by atoms with Gasteiger partial charge < -0.3 is 9.47 Å². The Bertz CT molecular complexity index is 620. The molecule has 0 aromatic heterocycles. The first kappa shape index (κ1) is 15.4. The normalized spacial score (nSPS) is 10.2. The van der Waals surface area contributed by atoms with Gasteiger partial charge in [-0.1, -0.05) is 35.9 Å². The maximum atomic E-state index is 10.8. The molecular formula is C17H17ClO3. The molecule has 0 aliphatic heterocycles. The van der Waals surface area contributed by atoms with Crippen molar-refractivity contribution in [3.8, 4) is 5.75 Å². The predicted molar refractivity (Wildman–Crippen MR) is 82.7 cm³/mol. The number of carbonyl (C=O) groups is 1. The molecule has 0 atom stereocenters. The van der Waals surface area contributed by atoms with Crippen molar-refractivity contribution in [1.29, 1.82) is 0 Å². The van der Waals surface area contributed by atoms with E-state index in [1.807, 2.05) is 42.5 Å². The molecule has 21 heavy (non-hydrogen) atoms. The summed E-state index contributed by atoms with van der Waals surface area (Å²) in [5, 5.41) is 0.676. The summed E-state index contributed by atoms with van der Waals surface area (Å²) < 4.78 is 10.1. The Hall–Kier alpha value is -2.00. The average molecular weight is 305 g/mol. The van der Waals surface area contributed by atoms with E-state index < -0.39 is 0 Å². The molecule has 0 aliphatic carbocycles. The van der Waals surface area contributed by atoms with Gasteiger partial charge in [0.05, 0.1) is 7.11 Å². The van der Waals surface area contributed by atoms with E-state index in [-0.39, 0.29) is 12.6 Å². The van der Waals surface area contributed by atoms with Gasteiger partial charge in [-0.2, -0.15) is 0 Å². The van der Waals surface area contributed by atoms with Crippen LogP contribution in [0.4, 0.5) is 0 Å². The Labute approximate surface area is 129 Å². The third kappa shape index (κ3) is 4.50. The van der Waals surface area contributed by atoms with Crippen LogP contribution in [0.3, 0.4) is 0 Å². The van der Waals surface area contributed by atoms with Gasteiger partial charge in [0.25, 0.3) is 0 Å². The molecule has 2 aromatic carbocycles. The molecule has 0 saturated carbocycles. The zero-order chi connectivity index (χ0) is 15.2. The van der Waals surface area contributed by atoms with Crippen molar-refractivity contribution in [2.75, 3.05) is 7.11 Å². The topological polar surface area (TPSA) is 35.5 Å². The highest BCUT2D eigenvalue weighted by Gasteiger charge is 2.05. The van der Waals surface area contributed by atoms with E-state index >= 15 is 0 Å². The molecule has 0 N–H and O–H groups in total. The van der Waals surface area contributed by atoms with Gasteiger partial charge in [-0.25, -0.2) is 0 Å². The van der Waals surface area contributed by atoms with Crippen LogP contribution in [0.1, 0.15) is 23.6 Å². The number of halogens is 1. The van der Waals surface area contributed by atoms with Crippen LogP contribution in [0.15, 0.2) is 42.5 Å². The SMILES string of the molecule is COc1ccc(Cc2ccc(COC(C)=O)cc2Cl)cc1. The first-order valence-electron chi connectivity index (χ1n) is 6.62. The van der Waals surface area contributed by atoms with E-state index in [2.05, 4.69) is 0 Å². The molecule has 0 amide bonds. The molecular weight excluding hydrogens is 288 g/mol. The molecule has 0 saturated heterocycles. The summed E-state index contributed by atoms with van der Waals surface area (Å²) >= 11 is 6.29. The van der Waals surface area contributed by atoms with Crippen molar-refractivity contribution in [1.82, 2.24) is 0 Å². The predicted octanol–water partition coefficient (Wildman–Crippen LogP) is 4.00. The minimum Gasteiger partial charge on any atom is -0.497 e. The summed E-state index contributed by atoms with van der Waals surface area (Å²) in [7, 11) is 1.65. The van der Waals surface area contributed by atoms with E-state index in [1.54, 1.807) is 7.11 Å². The molecule has 0 radical (unpaired) electrons. The van der Waals surface area contributed by atoms with Crippen LogP contribution in [0, 0.1) is 0 Å². The molecule has 0 heterocycles. The van der Waals surface area contributed by atoms with Gasteiger partial charge >= 0.3 is 5.97 Å². The zero-order valence-corrected chi connectivity index (χ0v) is 12.8. The second kappa shape index (κ2) is 7.14. The lowest BCUT2D eigenvalue weighted by molar-refractivity contribution is -0.142. The molecule has 4 heteroatoms. The van der Waals surface area contributed by atoms with E-state index in [0.29, 0.717) is 5.02 Å². The lowest BCUT2D eigenvalue weighted by Gasteiger charge is -2.08. The number of methoxy groups -OCH3 is 1. The highest BCUT2D eigenvalue weighted by Crippen LogP contribution is 2.22. The lowest BCUT2D eigenvalue weighted by atomic mass is 10.0. The monoisotopic (exact) mass is 304 g/mol. The zero-order valence-electron chi connectivity index (χ0n) is 12.1. The Kier molecular flexibility index (Phi) is 5.23. The van der Waals surface area contributed by atoms with Crippen molar-refractivity contribution in [2.24, 2.45) is 0 Å². The molecule has 0 aliphatic rings. The Morgan fingerprint density at radius 3 is 2.33 bits per heavy atom. The Morgan fingerprint density at radius 2 is 1.76 bits per heavy atom. The number of esters is 1. The van der Waals surface area contributed by atoms with Crippen LogP contribution in [-0.2, 0) is 22.6 Å². The largest absolute Gasteiger partial charge is 0.497 e. The van der Waals surface area contributed by atoms with Crippen molar-refractivity contribution < 1.29 is 14.3 Å². The van der Waals surface area contributed by atoms with Gasteiger partial charge in [0, 0.05) is 11.9 Å². The van der Waals surface area contributed by atoms with E-state index in [1.165, 1.54) is 6.92 Å². The second-order valence-corrected chi connectivity index (χ2v) is 5.14. The van der Waals surface area contributed by atoms with Crippen LogP contribution < -0.4 is 4.74 Å². The summed E-state index contributed by atoms with van der Waals surface area (Å²) in [6.07, 6.45) is 0.747. The molecule has 0 fully saturated rings. The molecule has 110 valence electrons. The first-order valence-corrected chi connectivity index (χ1v) is 7.00. The van der Waals surface area contributed by atoms with Crippen LogP contribution >= 0.6 is 11.6 Å². The number of hydrogen-bond acceptors (Lipinski definition) is 3. The highest BCUT2D eigenvalue weighted by atomic mass is 35.5. The number of hydrogen-bond donors (Lipinski definition) is 0. The smallest absolute Gasteiger partial charge is 0.302 e. The fourth-order valence-electron chi connectivity index (χ4n) is 1.97.